The first kappa shape index (κ1) is 26.8. The normalized spacial score (nSPS) is 24.8. The van der Waals surface area contributed by atoms with E-state index in [1.54, 1.807) is 11.1 Å². The van der Waals surface area contributed by atoms with Crippen molar-refractivity contribution in [3.05, 3.63) is 151 Å². The summed E-state index contributed by atoms with van der Waals surface area (Å²) in [5.74, 6) is 3.44. The van der Waals surface area contributed by atoms with Gasteiger partial charge in [0.2, 0.25) is 0 Å². The predicted octanol–water partition coefficient (Wildman–Crippen LogP) is 12.5. The lowest BCUT2D eigenvalue weighted by Gasteiger charge is -2.61. The lowest BCUT2D eigenvalue weighted by molar-refractivity contribution is -0.0399. The number of hydrogen-bond donors (Lipinski definition) is 0. The minimum Gasteiger partial charge on any atom is -0.309 e. The first-order valence-electron chi connectivity index (χ1n) is 18.4. The zero-order chi connectivity index (χ0) is 31.8. The van der Waals surface area contributed by atoms with Crippen LogP contribution in [0.3, 0.4) is 0 Å². The molecule has 0 N–H and O–H groups in total. The molecule has 13 rings (SSSR count). The van der Waals surface area contributed by atoms with Crippen LogP contribution in [0.2, 0.25) is 0 Å². The van der Waals surface area contributed by atoms with E-state index in [0.29, 0.717) is 0 Å². The van der Waals surface area contributed by atoms with Crippen molar-refractivity contribution in [3.63, 3.8) is 0 Å². The standard InChI is InChI=1S/C48H37N/c1-2-9-33-26-38(17-13-31(33)7-1)49-45-19-16-34(27-42(45)47-39-10-4-3-8-32(39)15-20-46(47)49)35-14-18-41-40-11-5-6-12-43(40)48(44(41)28-35)36-22-29-21-30(24-36)25-37(48)23-29/h1-20,26-30,36-37H,21-25H2. The Morgan fingerprint density at radius 2 is 1.10 bits per heavy atom. The summed E-state index contributed by atoms with van der Waals surface area (Å²) in [5.41, 5.74) is 12.8. The molecule has 7 aromatic carbocycles. The average molecular weight is 628 g/mol. The molecule has 5 aliphatic rings. The summed E-state index contributed by atoms with van der Waals surface area (Å²) >= 11 is 0. The number of aromatic nitrogens is 1. The molecule has 0 saturated heterocycles. The van der Waals surface area contributed by atoms with Gasteiger partial charge in [-0.1, -0.05) is 103 Å². The van der Waals surface area contributed by atoms with E-state index in [1.165, 1.54) is 103 Å². The maximum absolute atomic E-state index is 2.64. The van der Waals surface area contributed by atoms with Crippen molar-refractivity contribution in [3.8, 4) is 27.9 Å². The number of rotatable bonds is 2. The van der Waals surface area contributed by atoms with Gasteiger partial charge < -0.3 is 4.57 Å². The summed E-state index contributed by atoms with van der Waals surface area (Å²) in [6.07, 6.45) is 7.15. The van der Waals surface area contributed by atoms with Crippen molar-refractivity contribution >= 4 is 43.4 Å². The summed E-state index contributed by atoms with van der Waals surface area (Å²) in [6, 6.07) is 53.4. The van der Waals surface area contributed by atoms with Crippen LogP contribution in [-0.4, -0.2) is 4.57 Å². The molecule has 234 valence electrons. The molecule has 1 spiro atoms. The van der Waals surface area contributed by atoms with E-state index in [1.807, 2.05) is 0 Å². The van der Waals surface area contributed by atoms with Gasteiger partial charge >= 0.3 is 0 Å². The lowest BCUT2D eigenvalue weighted by atomic mass is 9.43. The highest BCUT2D eigenvalue weighted by Gasteiger charge is 2.61. The zero-order valence-electron chi connectivity index (χ0n) is 27.6. The summed E-state index contributed by atoms with van der Waals surface area (Å²) in [7, 11) is 0. The van der Waals surface area contributed by atoms with E-state index in [4.69, 9.17) is 0 Å². The molecule has 0 radical (unpaired) electrons. The van der Waals surface area contributed by atoms with Gasteiger partial charge in [-0.15, -0.1) is 0 Å². The van der Waals surface area contributed by atoms with E-state index in [0.717, 1.165) is 23.7 Å². The Kier molecular flexibility index (Phi) is 5.20. The summed E-state index contributed by atoms with van der Waals surface area (Å²) in [5, 5.41) is 7.82. The van der Waals surface area contributed by atoms with Crippen LogP contribution in [0, 0.1) is 23.7 Å². The Morgan fingerprint density at radius 1 is 0.449 bits per heavy atom. The highest BCUT2D eigenvalue weighted by molar-refractivity contribution is 6.22. The van der Waals surface area contributed by atoms with Gasteiger partial charge in [0, 0.05) is 21.9 Å². The monoisotopic (exact) mass is 627 g/mol. The van der Waals surface area contributed by atoms with Gasteiger partial charge in [-0.3, -0.25) is 0 Å². The molecule has 4 bridgehead atoms. The Labute approximate surface area is 286 Å². The number of benzene rings is 7. The largest absolute Gasteiger partial charge is 0.309 e. The number of hydrogen-bond acceptors (Lipinski definition) is 0. The quantitative estimate of drug-likeness (QED) is 0.180. The minimum atomic E-state index is 0.182. The molecular weight excluding hydrogens is 591 g/mol. The first-order chi connectivity index (χ1) is 24.2. The molecule has 8 aromatic rings. The molecule has 4 saturated carbocycles. The van der Waals surface area contributed by atoms with Crippen LogP contribution in [0.25, 0.3) is 71.3 Å². The van der Waals surface area contributed by atoms with Gasteiger partial charge in [-0.25, -0.2) is 0 Å². The zero-order valence-corrected chi connectivity index (χ0v) is 27.6. The Hall–Kier alpha value is -5.14. The Balaban J connectivity index is 1.09. The minimum absolute atomic E-state index is 0.182. The van der Waals surface area contributed by atoms with Crippen molar-refractivity contribution in [2.45, 2.75) is 37.5 Å². The Morgan fingerprint density at radius 3 is 1.96 bits per heavy atom. The van der Waals surface area contributed by atoms with Gasteiger partial charge in [0.1, 0.15) is 0 Å². The third-order valence-corrected chi connectivity index (χ3v) is 13.5. The molecule has 0 aliphatic heterocycles. The molecule has 0 unspecified atom stereocenters. The van der Waals surface area contributed by atoms with Crippen LogP contribution in [0.4, 0.5) is 0 Å². The van der Waals surface area contributed by atoms with Crippen molar-refractivity contribution in [1.29, 1.82) is 0 Å². The molecule has 49 heavy (non-hydrogen) atoms. The lowest BCUT2D eigenvalue weighted by Crippen LogP contribution is -2.55. The molecule has 4 fully saturated rings. The van der Waals surface area contributed by atoms with Crippen molar-refractivity contribution < 1.29 is 0 Å². The van der Waals surface area contributed by atoms with Crippen LogP contribution in [0.15, 0.2) is 140 Å². The second-order valence-electron chi connectivity index (χ2n) is 15.8. The van der Waals surface area contributed by atoms with Crippen molar-refractivity contribution in [2.75, 3.05) is 0 Å². The molecule has 0 atom stereocenters. The summed E-state index contributed by atoms with van der Waals surface area (Å²) in [6.45, 7) is 0. The molecule has 0 amide bonds. The van der Waals surface area contributed by atoms with Crippen LogP contribution in [-0.2, 0) is 5.41 Å². The van der Waals surface area contributed by atoms with E-state index in [2.05, 4.69) is 144 Å². The first-order valence-corrected chi connectivity index (χ1v) is 18.4. The molecular formula is C48H37N. The van der Waals surface area contributed by atoms with Gasteiger partial charge in [0.15, 0.2) is 0 Å². The molecule has 1 heteroatoms. The van der Waals surface area contributed by atoms with E-state index in [-0.39, 0.29) is 5.41 Å². The van der Waals surface area contributed by atoms with Gasteiger partial charge in [-0.05, 0) is 147 Å². The molecule has 1 nitrogen and oxygen atoms in total. The molecule has 1 aromatic heterocycles. The van der Waals surface area contributed by atoms with Gasteiger partial charge in [-0.2, -0.15) is 0 Å². The SMILES string of the molecule is c1ccc2c(c1)-c1ccc(-c3ccc4c(c3)c3c5ccccc5ccc3n4-c3ccc4ccccc4c3)cc1C21C2CC3CC(C2)CC1C3. The van der Waals surface area contributed by atoms with Crippen LogP contribution in [0.5, 0.6) is 0 Å². The second kappa shape index (κ2) is 9.51. The highest BCUT2D eigenvalue weighted by Crippen LogP contribution is 2.69. The van der Waals surface area contributed by atoms with Crippen LogP contribution in [0.1, 0.15) is 43.2 Å². The number of fused-ring (bicyclic) bond motifs is 9. The number of nitrogens with zero attached hydrogens (tertiary/aromatic N) is 1. The maximum atomic E-state index is 2.64. The third-order valence-electron chi connectivity index (χ3n) is 13.5. The molecule has 5 aliphatic carbocycles. The smallest absolute Gasteiger partial charge is 0.0547 e. The van der Waals surface area contributed by atoms with E-state index >= 15 is 0 Å². The fourth-order valence-electron chi connectivity index (χ4n) is 11.9. The van der Waals surface area contributed by atoms with E-state index < -0.39 is 0 Å². The van der Waals surface area contributed by atoms with Gasteiger partial charge in [0.25, 0.3) is 0 Å². The third kappa shape index (κ3) is 3.46. The van der Waals surface area contributed by atoms with Crippen molar-refractivity contribution in [2.24, 2.45) is 23.7 Å². The topological polar surface area (TPSA) is 4.93 Å². The van der Waals surface area contributed by atoms with E-state index in [9.17, 15) is 0 Å². The maximum Gasteiger partial charge on any atom is 0.0547 e. The van der Waals surface area contributed by atoms with Crippen molar-refractivity contribution in [1.82, 2.24) is 4.57 Å². The summed E-state index contributed by atoms with van der Waals surface area (Å²) in [4.78, 5) is 0. The van der Waals surface area contributed by atoms with Crippen LogP contribution < -0.4 is 0 Å². The highest BCUT2D eigenvalue weighted by atomic mass is 15.0. The fraction of sp³-hybridized carbons (Fsp3) is 0.208. The fourth-order valence-corrected chi connectivity index (χ4v) is 11.9. The van der Waals surface area contributed by atoms with Crippen LogP contribution >= 0.6 is 0 Å². The predicted molar refractivity (Wildman–Crippen MR) is 204 cm³/mol. The average Bonchev–Trinajstić information content (AvgIpc) is 3.64. The molecule has 1 heterocycles. The Bertz CT molecular complexity index is 2660. The van der Waals surface area contributed by atoms with Gasteiger partial charge in [0.05, 0.1) is 11.0 Å². The summed E-state index contributed by atoms with van der Waals surface area (Å²) < 4.78 is 2.48. The second-order valence-corrected chi connectivity index (χ2v) is 15.8.